The van der Waals surface area contributed by atoms with Gasteiger partial charge in [-0.05, 0) is 88.0 Å². The first-order chi connectivity index (χ1) is 27.7. The Morgan fingerprint density at radius 3 is 1.68 bits per heavy atom. The minimum atomic E-state index is 0.668. The van der Waals surface area contributed by atoms with E-state index >= 15 is 0 Å². The van der Waals surface area contributed by atoms with Crippen LogP contribution in [0.3, 0.4) is 0 Å². The van der Waals surface area contributed by atoms with Gasteiger partial charge in [0.2, 0.25) is 0 Å². The molecule has 0 aliphatic heterocycles. The lowest BCUT2D eigenvalue weighted by atomic mass is 9.97. The van der Waals surface area contributed by atoms with Gasteiger partial charge in [-0.25, -0.2) is 9.97 Å². The van der Waals surface area contributed by atoms with Crippen LogP contribution in [0.4, 0.5) is 0 Å². The lowest BCUT2D eigenvalue weighted by Gasteiger charge is -2.09. The van der Waals surface area contributed by atoms with E-state index in [0.29, 0.717) is 11.4 Å². The quantitative estimate of drug-likeness (QED) is 0.172. The zero-order valence-electron chi connectivity index (χ0n) is 30.3. The first-order valence-electron chi connectivity index (χ1n) is 18.9. The molecule has 3 heterocycles. The third-order valence-corrected chi connectivity index (χ3v) is 10.8. The van der Waals surface area contributed by atoms with Gasteiger partial charge in [0.25, 0.3) is 0 Å². The minimum Gasteiger partial charge on any atom is -0.452 e. The van der Waals surface area contributed by atoms with Gasteiger partial charge in [0, 0.05) is 33.0 Å². The topological polar surface area (TPSA) is 43.9 Å². The lowest BCUT2D eigenvalue weighted by molar-refractivity contribution is 0.667. The van der Waals surface area contributed by atoms with Crippen molar-refractivity contribution in [2.75, 3.05) is 0 Å². The van der Waals surface area contributed by atoms with Gasteiger partial charge in [0.1, 0.15) is 16.8 Å². The number of hydrogen-bond acceptors (Lipinski definition) is 3. The van der Waals surface area contributed by atoms with Gasteiger partial charge >= 0.3 is 0 Å². The maximum Gasteiger partial charge on any atom is 0.180 e. The van der Waals surface area contributed by atoms with Crippen molar-refractivity contribution < 1.29 is 4.42 Å². The summed E-state index contributed by atoms with van der Waals surface area (Å²) in [6, 6.07) is 70.4. The number of nitrogens with zero attached hydrogens (tertiary/aromatic N) is 3. The molecule has 56 heavy (non-hydrogen) atoms. The number of furan rings is 1. The van der Waals surface area contributed by atoms with Crippen molar-refractivity contribution in [1.29, 1.82) is 0 Å². The summed E-state index contributed by atoms with van der Waals surface area (Å²) < 4.78 is 9.11. The van der Waals surface area contributed by atoms with E-state index < -0.39 is 0 Å². The van der Waals surface area contributed by atoms with E-state index in [-0.39, 0.29) is 0 Å². The Morgan fingerprint density at radius 2 is 0.911 bits per heavy atom. The Kier molecular flexibility index (Phi) is 7.46. The molecule has 0 unspecified atom stereocenters. The minimum absolute atomic E-state index is 0.668. The monoisotopic (exact) mass is 715 g/mol. The van der Waals surface area contributed by atoms with Gasteiger partial charge < -0.3 is 8.98 Å². The van der Waals surface area contributed by atoms with Crippen molar-refractivity contribution in [2.24, 2.45) is 0 Å². The molecule has 0 N–H and O–H groups in total. The Balaban J connectivity index is 1.03. The van der Waals surface area contributed by atoms with Crippen molar-refractivity contribution in [3.05, 3.63) is 200 Å². The molecule has 8 aromatic carbocycles. The zero-order chi connectivity index (χ0) is 37.0. The normalized spacial score (nSPS) is 11.6. The molecule has 0 amide bonds. The van der Waals surface area contributed by atoms with E-state index in [2.05, 4.69) is 180 Å². The van der Waals surface area contributed by atoms with E-state index in [4.69, 9.17) is 14.4 Å². The second-order valence-electron chi connectivity index (χ2n) is 14.2. The summed E-state index contributed by atoms with van der Waals surface area (Å²) >= 11 is 0. The largest absolute Gasteiger partial charge is 0.452 e. The number of benzene rings is 8. The molecule has 0 saturated heterocycles. The smallest absolute Gasteiger partial charge is 0.180 e. The Morgan fingerprint density at radius 1 is 0.357 bits per heavy atom. The van der Waals surface area contributed by atoms with Crippen LogP contribution in [-0.2, 0) is 0 Å². The van der Waals surface area contributed by atoms with Crippen LogP contribution >= 0.6 is 0 Å². The van der Waals surface area contributed by atoms with Crippen LogP contribution in [0.25, 0.3) is 106 Å². The molecule has 4 nitrogen and oxygen atoms in total. The summed E-state index contributed by atoms with van der Waals surface area (Å²) in [5, 5.41) is 3.43. The third kappa shape index (κ3) is 5.39. The van der Waals surface area contributed by atoms with Gasteiger partial charge in [-0.15, -0.1) is 0 Å². The predicted octanol–water partition coefficient (Wildman–Crippen LogP) is 13.8. The summed E-state index contributed by atoms with van der Waals surface area (Å²) in [6.45, 7) is 0. The highest BCUT2D eigenvalue weighted by Crippen LogP contribution is 2.40. The van der Waals surface area contributed by atoms with Crippen LogP contribution < -0.4 is 0 Å². The van der Waals surface area contributed by atoms with Crippen molar-refractivity contribution in [3.8, 4) is 61.7 Å². The highest BCUT2D eigenvalue weighted by molar-refractivity contribution is 6.11. The van der Waals surface area contributed by atoms with Gasteiger partial charge in [0.05, 0.1) is 11.0 Å². The molecule has 11 rings (SSSR count). The van der Waals surface area contributed by atoms with Crippen LogP contribution in [0.15, 0.2) is 205 Å². The molecule has 262 valence electrons. The van der Waals surface area contributed by atoms with Crippen LogP contribution in [0.1, 0.15) is 0 Å². The van der Waals surface area contributed by atoms with E-state index in [1.807, 2.05) is 24.3 Å². The zero-order valence-corrected chi connectivity index (χ0v) is 30.3. The Hall–Kier alpha value is -7.56. The summed E-state index contributed by atoms with van der Waals surface area (Å²) in [5.74, 6) is 0.668. The lowest BCUT2D eigenvalue weighted by Crippen LogP contribution is -1.94. The average Bonchev–Trinajstić information content (AvgIpc) is 3.82. The number of aromatic nitrogens is 3. The van der Waals surface area contributed by atoms with Crippen molar-refractivity contribution in [3.63, 3.8) is 0 Å². The number of hydrogen-bond donors (Lipinski definition) is 0. The van der Waals surface area contributed by atoms with Crippen LogP contribution in [0, 0.1) is 0 Å². The number of rotatable bonds is 6. The Labute approximate surface area is 323 Å². The SMILES string of the molecule is c1ccc(-c2cccc(-c3nc(-c4ccccc4)nc4c3oc3cc(-c5cccc(-c6ccc7c(c6)c6ccccc6n7-c6ccccc6)c5)ccc34)c2)cc1. The number of fused-ring (bicyclic) bond motifs is 6. The van der Waals surface area contributed by atoms with Crippen molar-refractivity contribution in [1.82, 2.24) is 14.5 Å². The van der Waals surface area contributed by atoms with E-state index in [1.165, 1.54) is 27.4 Å². The molecule has 0 aliphatic rings. The molecule has 0 atom stereocenters. The maximum atomic E-state index is 6.75. The molecule has 3 aromatic heterocycles. The van der Waals surface area contributed by atoms with Crippen LogP contribution in [0.2, 0.25) is 0 Å². The van der Waals surface area contributed by atoms with Crippen LogP contribution in [0.5, 0.6) is 0 Å². The molecular weight excluding hydrogens is 683 g/mol. The van der Waals surface area contributed by atoms with Gasteiger partial charge in [-0.3, -0.25) is 0 Å². The summed E-state index contributed by atoms with van der Waals surface area (Å²) in [5.41, 5.74) is 15.3. The fourth-order valence-electron chi connectivity index (χ4n) is 8.10. The Bertz CT molecular complexity index is 3240. The molecular formula is C52H33N3O. The average molecular weight is 716 g/mol. The van der Waals surface area contributed by atoms with E-state index in [1.54, 1.807) is 0 Å². The summed E-state index contributed by atoms with van der Waals surface area (Å²) in [4.78, 5) is 10.3. The molecule has 0 aliphatic carbocycles. The molecule has 0 fully saturated rings. The second kappa shape index (κ2) is 13.1. The number of para-hydroxylation sites is 2. The fraction of sp³-hybridized carbons (Fsp3) is 0. The molecule has 11 aromatic rings. The fourth-order valence-corrected chi connectivity index (χ4v) is 8.10. The first kappa shape index (κ1) is 31.9. The van der Waals surface area contributed by atoms with E-state index in [9.17, 15) is 0 Å². The van der Waals surface area contributed by atoms with Gasteiger partial charge in [-0.1, -0.05) is 146 Å². The third-order valence-electron chi connectivity index (χ3n) is 10.8. The summed E-state index contributed by atoms with van der Waals surface area (Å²) in [7, 11) is 0. The summed E-state index contributed by atoms with van der Waals surface area (Å²) in [6.07, 6.45) is 0. The molecule has 0 radical (unpaired) electrons. The van der Waals surface area contributed by atoms with Crippen molar-refractivity contribution in [2.45, 2.75) is 0 Å². The highest BCUT2D eigenvalue weighted by atomic mass is 16.3. The van der Waals surface area contributed by atoms with E-state index in [0.717, 1.165) is 66.8 Å². The first-order valence-corrected chi connectivity index (χ1v) is 18.9. The van der Waals surface area contributed by atoms with Crippen molar-refractivity contribution >= 4 is 43.9 Å². The standard InChI is InChI=1S/C52H33N3O/c1-4-14-34(15-5-1)36-18-13-21-41(31-36)49-51-50(54-52(53-49)35-16-6-2-7-17-35)44-28-26-40(33-48(44)56-51)38-20-12-19-37(30-38)39-27-29-47-45(32-39)43-24-10-11-25-46(43)55(47)42-22-8-3-9-23-42/h1-33H. The van der Waals surface area contributed by atoms with Crippen LogP contribution in [-0.4, -0.2) is 14.5 Å². The molecule has 0 saturated carbocycles. The highest BCUT2D eigenvalue weighted by Gasteiger charge is 2.20. The molecule has 0 bridgehead atoms. The molecule has 0 spiro atoms. The second-order valence-corrected chi connectivity index (χ2v) is 14.2. The molecule has 4 heteroatoms. The predicted molar refractivity (Wildman–Crippen MR) is 231 cm³/mol. The maximum absolute atomic E-state index is 6.75. The van der Waals surface area contributed by atoms with Gasteiger partial charge in [0.15, 0.2) is 11.4 Å². The van der Waals surface area contributed by atoms with Gasteiger partial charge in [-0.2, -0.15) is 0 Å².